The maximum absolute atomic E-state index is 12.9. The van der Waals surface area contributed by atoms with Crippen molar-refractivity contribution in [3.05, 3.63) is 29.3 Å². The summed E-state index contributed by atoms with van der Waals surface area (Å²) < 4.78 is 0.958. The van der Waals surface area contributed by atoms with E-state index in [2.05, 4.69) is 10.3 Å². The van der Waals surface area contributed by atoms with Gasteiger partial charge in [0.15, 0.2) is 5.01 Å². The summed E-state index contributed by atoms with van der Waals surface area (Å²) in [5.74, 6) is -0.557. The molecule has 0 saturated carbocycles. The first-order chi connectivity index (χ1) is 12.6. The molecule has 2 atom stereocenters. The smallest absolute Gasteiger partial charge is 0.223 e. The van der Waals surface area contributed by atoms with Gasteiger partial charge in [0, 0.05) is 12.5 Å². The number of nitrogens with one attached hydrogen (secondary N) is 1. The molecule has 0 aliphatic heterocycles. The number of aliphatic hydroxyl groups excluding tert-OH is 1. The standard InChI is InChI=1S/C19H27N3O3S/c1-13(7-6-12-23)18(25)21-15(9-4-5-11-20)17(24)19-22-14-8-2-3-10-16(14)26-19/h2-3,8,10,13,15,23H,4-7,9,11-12,20H2,1H3,(H,21,25)/t13?,15-/m1/s1. The summed E-state index contributed by atoms with van der Waals surface area (Å²) in [7, 11) is 0. The van der Waals surface area contributed by atoms with E-state index in [1.807, 2.05) is 31.2 Å². The van der Waals surface area contributed by atoms with E-state index in [0.717, 1.165) is 23.1 Å². The Morgan fingerprint density at radius 1 is 1.23 bits per heavy atom. The van der Waals surface area contributed by atoms with Crippen molar-refractivity contribution in [3.63, 3.8) is 0 Å². The lowest BCUT2D eigenvalue weighted by molar-refractivity contribution is -0.125. The third kappa shape index (κ3) is 5.59. The molecule has 26 heavy (non-hydrogen) atoms. The maximum Gasteiger partial charge on any atom is 0.223 e. The van der Waals surface area contributed by atoms with E-state index in [1.165, 1.54) is 11.3 Å². The number of Topliss-reactive ketones (excluding diaryl/α,β-unsaturated/α-hetero) is 1. The third-order valence-electron chi connectivity index (χ3n) is 4.33. The Kier molecular flexibility index (Phi) is 8.15. The first-order valence-electron chi connectivity index (χ1n) is 9.08. The number of rotatable bonds is 11. The second-order valence-corrected chi connectivity index (χ2v) is 7.49. The molecule has 1 amide bonds. The monoisotopic (exact) mass is 377 g/mol. The van der Waals surface area contributed by atoms with E-state index >= 15 is 0 Å². The highest BCUT2D eigenvalue weighted by Crippen LogP contribution is 2.23. The van der Waals surface area contributed by atoms with Crippen LogP contribution in [0.4, 0.5) is 0 Å². The summed E-state index contributed by atoms with van der Waals surface area (Å²) in [5.41, 5.74) is 6.35. The van der Waals surface area contributed by atoms with Gasteiger partial charge in [-0.3, -0.25) is 9.59 Å². The number of carbonyl (C=O) groups excluding carboxylic acids is 2. The van der Waals surface area contributed by atoms with Crippen LogP contribution in [-0.4, -0.2) is 41.0 Å². The quantitative estimate of drug-likeness (QED) is 0.412. The summed E-state index contributed by atoms with van der Waals surface area (Å²) in [6.07, 6.45) is 3.28. The number of carbonyl (C=O) groups is 2. The Bertz CT molecular complexity index is 699. The molecule has 1 unspecified atom stereocenters. The van der Waals surface area contributed by atoms with Crippen LogP contribution in [0.1, 0.15) is 48.8 Å². The van der Waals surface area contributed by atoms with Crippen LogP contribution < -0.4 is 11.1 Å². The van der Waals surface area contributed by atoms with E-state index < -0.39 is 6.04 Å². The molecule has 142 valence electrons. The molecule has 2 rings (SSSR count). The molecule has 4 N–H and O–H groups in total. The number of nitrogens with two attached hydrogens (primary N) is 1. The van der Waals surface area contributed by atoms with Gasteiger partial charge >= 0.3 is 0 Å². The van der Waals surface area contributed by atoms with E-state index in [4.69, 9.17) is 10.8 Å². The van der Waals surface area contributed by atoms with Crippen LogP contribution in [0.5, 0.6) is 0 Å². The summed E-state index contributed by atoms with van der Waals surface area (Å²) in [4.78, 5) is 29.8. The number of para-hydroxylation sites is 1. The number of unbranched alkanes of at least 4 members (excludes halogenated alkanes) is 1. The molecule has 0 aliphatic rings. The van der Waals surface area contributed by atoms with E-state index in [9.17, 15) is 9.59 Å². The molecule has 0 radical (unpaired) electrons. The normalized spacial score (nSPS) is 13.5. The molecular formula is C19H27N3O3S. The fourth-order valence-electron chi connectivity index (χ4n) is 2.73. The average Bonchev–Trinajstić information content (AvgIpc) is 3.08. The van der Waals surface area contributed by atoms with Crippen molar-refractivity contribution < 1.29 is 14.7 Å². The van der Waals surface area contributed by atoms with Crippen molar-refractivity contribution in [3.8, 4) is 0 Å². The van der Waals surface area contributed by atoms with Gasteiger partial charge in [-0.25, -0.2) is 4.98 Å². The first kappa shape index (κ1) is 20.5. The lowest BCUT2D eigenvalue weighted by Gasteiger charge is -2.19. The molecule has 6 nitrogen and oxygen atoms in total. The number of ketones is 1. The highest BCUT2D eigenvalue weighted by molar-refractivity contribution is 7.20. The number of nitrogens with zero attached hydrogens (tertiary/aromatic N) is 1. The minimum atomic E-state index is -0.591. The number of aromatic nitrogens is 1. The topological polar surface area (TPSA) is 105 Å². The van der Waals surface area contributed by atoms with E-state index in [1.54, 1.807) is 0 Å². The minimum Gasteiger partial charge on any atom is -0.396 e. The van der Waals surface area contributed by atoms with Crippen molar-refractivity contribution in [1.82, 2.24) is 10.3 Å². The van der Waals surface area contributed by atoms with Crippen molar-refractivity contribution >= 4 is 33.2 Å². The second kappa shape index (κ2) is 10.4. The third-order valence-corrected chi connectivity index (χ3v) is 5.38. The van der Waals surface area contributed by atoms with Crippen LogP contribution in [0, 0.1) is 5.92 Å². The minimum absolute atomic E-state index is 0.0577. The van der Waals surface area contributed by atoms with Gasteiger partial charge in [-0.05, 0) is 50.8 Å². The zero-order chi connectivity index (χ0) is 18.9. The highest BCUT2D eigenvalue weighted by atomic mass is 32.1. The van der Waals surface area contributed by atoms with Crippen molar-refractivity contribution in [2.75, 3.05) is 13.2 Å². The first-order valence-corrected chi connectivity index (χ1v) is 9.89. The Labute approximate surface area is 157 Å². The van der Waals surface area contributed by atoms with Crippen molar-refractivity contribution in [2.45, 2.75) is 45.1 Å². The van der Waals surface area contributed by atoms with Gasteiger partial charge in [-0.2, -0.15) is 0 Å². The van der Waals surface area contributed by atoms with Crippen LogP contribution in [0.15, 0.2) is 24.3 Å². The van der Waals surface area contributed by atoms with Gasteiger partial charge in [0.1, 0.15) is 0 Å². The Morgan fingerprint density at radius 3 is 2.69 bits per heavy atom. The second-order valence-electron chi connectivity index (χ2n) is 6.46. The van der Waals surface area contributed by atoms with Gasteiger partial charge in [-0.15, -0.1) is 11.3 Å². The summed E-state index contributed by atoms with van der Waals surface area (Å²) >= 11 is 1.35. The van der Waals surface area contributed by atoms with Gasteiger partial charge in [0.2, 0.25) is 11.7 Å². The average molecular weight is 378 g/mol. The molecule has 7 heteroatoms. The Balaban J connectivity index is 2.11. The molecule has 1 heterocycles. The fourth-order valence-corrected chi connectivity index (χ4v) is 3.69. The van der Waals surface area contributed by atoms with E-state index in [-0.39, 0.29) is 24.2 Å². The molecule has 0 aliphatic carbocycles. The molecule has 0 bridgehead atoms. The SMILES string of the molecule is CC(CCCO)C(=O)N[C@H](CCCCN)C(=O)c1nc2ccccc2s1. The summed E-state index contributed by atoms with van der Waals surface area (Å²) in [6.45, 7) is 2.43. The van der Waals surface area contributed by atoms with Crippen LogP contribution in [0.25, 0.3) is 10.2 Å². The van der Waals surface area contributed by atoms with Crippen LogP contribution >= 0.6 is 11.3 Å². The van der Waals surface area contributed by atoms with Gasteiger partial charge in [-0.1, -0.05) is 19.1 Å². The number of hydrogen-bond donors (Lipinski definition) is 3. The number of amides is 1. The number of hydrogen-bond acceptors (Lipinski definition) is 6. The lowest BCUT2D eigenvalue weighted by atomic mass is 10.0. The number of fused-ring (bicyclic) bond motifs is 1. The van der Waals surface area contributed by atoms with Crippen LogP contribution in [-0.2, 0) is 4.79 Å². The molecule has 0 saturated heterocycles. The zero-order valence-corrected chi connectivity index (χ0v) is 15.9. The summed E-state index contributed by atoms with van der Waals surface area (Å²) in [6, 6.07) is 7.02. The lowest BCUT2D eigenvalue weighted by Crippen LogP contribution is -2.43. The van der Waals surface area contributed by atoms with Crippen LogP contribution in [0.3, 0.4) is 0 Å². The summed E-state index contributed by atoms with van der Waals surface area (Å²) in [5, 5.41) is 12.2. The molecule has 1 aromatic carbocycles. The molecule has 0 fully saturated rings. The predicted octanol–water partition coefficient (Wildman–Crippen LogP) is 2.50. The van der Waals surface area contributed by atoms with Crippen LogP contribution in [0.2, 0.25) is 0 Å². The number of aliphatic hydroxyl groups is 1. The van der Waals surface area contributed by atoms with Gasteiger partial charge < -0.3 is 16.2 Å². The maximum atomic E-state index is 12.9. The predicted molar refractivity (Wildman–Crippen MR) is 104 cm³/mol. The number of thiazole rings is 1. The number of benzene rings is 1. The molecule has 2 aromatic rings. The van der Waals surface area contributed by atoms with Gasteiger partial charge in [0.25, 0.3) is 0 Å². The molecular weight excluding hydrogens is 350 g/mol. The molecule has 0 spiro atoms. The van der Waals surface area contributed by atoms with Gasteiger partial charge in [0.05, 0.1) is 16.3 Å². The van der Waals surface area contributed by atoms with E-state index in [0.29, 0.717) is 30.8 Å². The highest BCUT2D eigenvalue weighted by Gasteiger charge is 2.26. The largest absolute Gasteiger partial charge is 0.396 e. The Morgan fingerprint density at radius 2 is 2.00 bits per heavy atom. The van der Waals surface area contributed by atoms with Crippen molar-refractivity contribution in [2.24, 2.45) is 11.7 Å². The molecule has 1 aromatic heterocycles. The van der Waals surface area contributed by atoms with Crippen molar-refractivity contribution in [1.29, 1.82) is 0 Å². The zero-order valence-electron chi connectivity index (χ0n) is 15.1. The Hall–Kier alpha value is -1.83. The fraction of sp³-hybridized carbons (Fsp3) is 0.526.